The van der Waals surface area contributed by atoms with Crippen molar-refractivity contribution in [2.75, 3.05) is 13.2 Å². The Balaban J connectivity index is 2.52. The number of nitrogens with one attached hydrogen (secondary N) is 1. The zero-order valence-electron chi connectivity index (χ0n) is 54.3. The molecule has 83 heavy (non-hydrogen) atoms. The Hall–Kier alpha value is -2.12. The van der Waals surface area contributed by atoms with Crippen molar-refractivity contribution in [2.24, 2.45) is 0 Å². The van der Waals surface area contributed by atoms with E-state index in [2.05, 4.69) is 50.4 Å². The predicted octanol–water partition coefficient (Wildman–Crippen LogP) is 18.2. The first kappa shape index (κ1) is 78.9. The first-order valence-corrected chi connectivity index (χ1v) is 35.8. The van der Waals surface area contributed by atoms with Gasteiger partial charge in [-0.15, -0.1) is 0 Å². The SMILES string of the molecule is CCCCC/C=C\C/C=C\CCCCCCCCCCCCCCCCCCCC(=O)OC1C(OCC(NC(=O)C(O)CCCCCCCCCCCCCCCC)C(O)/C=C/CCCCCCCCCCCCC)OC(CO)C(O)C1O. The van der Waals surface area contributed by atoms with Crippen LogP contribution < -0.4 is 5.32 Å². The number of hydrogen-bond donors (Lipinski definition) is 6. The highest BCUT2D eigenvalue weighted by Crippen LogP contribution is 2.26. The summed E-state index contributed by atoms with van der Waals surface area (Å²) >= 11 is 0. The van der Waals surface area contributed by atoms with E-state index in [4.69, 9.17) is 14.2 Å². The normalized spacial score (nSPS) is 18.7. The third-order valence-corrected chi connectivity index (χ3v) is 17.0. The van der Waals surface area contributed by atoms with Crippen molar-refractivity contribution in [3.8, 4) is 0 Å². The molecule has 1 aliphatic heterocycles. The van der Waals surface area contributed by atoms with Crippen LogP contribution in [0.4, 0.5) is 0 Å². The maximum absolute atomic E-state index is 13.4. The largest absolute Gasteiger partial charge is 0.454 e. The van der Waals surface area contributed by atoms with E-state index in [1.807, 2.05) is 6.08 Å². The fraction of sp³-hybridized carbons (Fsp3) is 0.889. The van der Waals surface area contributed by atoms with E-state index in [9.17, 15) is 35.1 Å². The highest BCUT2D eigenvalue weighted by Gasteiger charge is 2.47. The molecule has 0 aliphatic carbocycles. The number of rotatable bonds is 62. The monoisotopic (exact) mass is 1170 g/mol. The average Bonchev–Trinajstić information content (AvgIpc) is 3.61. The van der Waals surface area contributed by atoms with Gasteiger partial charge in [-0.25, -0.2) is 0 Å². The standard InChI is InChI=1S/C72H135NO10/c1-4-7-10-13-16-19-22-25-27-28-29-30-31-32-33-34-35-36-37-38-39-42-45-48-51-54-57-60-67(77)83-70-69(79)68(78)66(61-74)82-72(70)81-62-63(64(75)58-55-52-49-46-43-40-24-21-18-15-12-9-6-3)73-71(80)65(76)59-56-53-50-47-44-41-26-23-20-17-14-11-8-5-2/h16,19,25,27,55,58,63-66,68-70,72,74-76,78-79H,4-15,17-18,20-24,26,28-54,56-57,59-62H2,1-3H3,(H,73,80)/b19-16-,27-25-,58-55+. The summed E-state index contributed by atoms with van der Waals surface area (Å²) in [6.07, 6.45) is 63.3. The van der Waals surface area contributed by atoms with Crippen LogP contribution in [-0.4, -0.2) is 99.6 Å². The van der Waals surface area contributed by atoms with E-state index in [0.717, 1.165) is 64.2 Å². The van der Waals surface area contributed by atoms with Crippen molar-refractivity contribution in [3.05, 3.63) is 36.5 Å². The summed E-state index contributed by atoms with van der Waals surface area (Å²) in [6, 6.07) is -1.02. The van der Waals surface area contributed by atoms with Crippen molar-refractivity contribution in [3.63, 3.8) is 0 Å². The molecule has 1 aliphatic rings. The number of aliphatic hydroxyl groups excluding tert-OH is 5. The van der Waals surface area contributed by atoms with Gasteiger partial charge in [-0.2, -0.15) is 0 Å². The van der Waals surface area contributed by atoms with Crippen molar-refractivity contribution in [2.45, 2.75) is 397 Å². The van der Waals surface area contributed by atoms with Crippen LogP contribution in [0.3, 0.4) is 0 Å². The zero-order chi connectivity index (χ0) is 60.3. The van der Waals surface area contributed by atoms with Crippen LogP contribution in [0.15, 0.2) is 36.5 Å². The van der Waals surface area contributed by atoms with Crippen molar-refractivity contribution >= 4 is 11.9 Å². The average molecular weight is 1170 g/mol. The van der Waals surface area contributed by atoms with Gasteiger partial charge in [0.05, 0.1) is 25.4 Å². The summed E-state index contributed by atoms with van der Waals surface area (Å²) in [5.41, 5.74) is 0. The Kier molecular flexibility index (Phi) is 57.2. The van der Waals surface area contributed by atoms with Crippen molar-refractivity contribution in [1.29, 1.82) is 0 Å². The molecule has 488 valence electrons. The van der Waals surface area contributed by atoms with Gasteiger partial charge in [0.15, 0.2) is 12.4 Å². The van der Waals surface area contributed by atoms with Crippen LogP contribution in [0.1, 0.15) is 348 Å². The van der Waals surface area contributed by atoms with Gasteiger partial charge in [-0.3, -0.25) is 9.59 Å². The van der Waals surface area contributed by atoms with Crippen LogP contribution in [0.5, 0.6) is 0 Å². The molecule has 1 saturated heterocycles. The number of amides is 1. The lowest BCUT2D eigenvalue weighted by atomic mass is 9.99. The van der Waals surface area contributed by atoms with E-state index in [1.165, 1.54) is 238 Å². The minimum Gasteiger partial charge on any atom is -0.454 e. The molecule has 0 saturated carbocycles. The van der Waals surface area contributed by atoms with Gasteiger partial charge >= 0.3 is 5.97 Å². The van der Waals surface area contributed by atoms with E-state index in [-0.39, 0.29) is 13.0 Å². The molecule has 1 fully saturated rings. The molecule has 11 heteroatoms. The minimum atomic E-state index is -1.61. The van der Waals surface area contributed by atoms with Crippen LogP contribution >= 0.6 is 0 Å². The second kappa shape index (κ2) is 60.2. The van der Waals surface area contributed by atoms with Gasteiger partial charge in [-0.1, -0.05) is 320 Å². The minimum absolute atomic E-state index is 0.128. The molecule has 0 spiro atoms. The Labute approximate surface area is 511 Å². The summed E-state index contributed by atoms with van der Waals surface area (Å²) in [4.78, 5) is 26.6. The number of carbonyl (C=O) groups is 2. The van der Waals surface area contributed by atoms with E-state index < -0.39 is 67.4 Å². The van der Waals surface area contributed by atoms with Gasteiger partial charge in [0, 0.05) is 6.42 Å². The van der Waals surface area contributed by atoms with Gasteiger partial charge in [0.1, 0.15) is 24.4 Å². The summed E-state index contributed by atoms with van der Waals surface area (Å²) in [5.74, 6) is -1.18. The first-order valence-electron chi connectivity index (χ1n) is 35.8. The fourth-order valence-electron chi connectivity index (χ4n) is 11.4. The first-order chi connectivity index (χ1) is 40.7. The molecule has 6 N–H and O–H groups in total. The molecule has 1 amide bonds. The highest BCUT2D eigenvalue weighted by molar-refractivity contribution is 5.80. The van der Waals surface area contributed by atoms with E-state index >= 15 is 0 Å². The van der Waals surface area contributed by atoms with Gasteiger partial charge < -0.3 is 45.1 Å². The molecule has 1 rings (SSSR count). The van der Waals surface area contributed by atoms with E-state index in [0.29, 0.717) is 19.3 Å². The molecule has 11 nitrogen and oxygen atoms in total. The van der Waals surface area contributed by atoms with Crippen molar-refractivity contribution in [1.82, 2.24) is 5.32 Å². The second-order valence-electron chi connectivity index (χ2n) is 25.0. The lowest BCUT2D eigenvalue weighted by molar-refractivity contribution is -0.305. The molecule has 0 radical (unpaired) electrons. The molecule has 8 unspecified atom stereocenters. The van der Waals surface area contributed by atoms with Gasteiger partial charge in [0.2, 0.25) is 5.91 Å². The molecule has 0 bridgehead atoms. The summed E-state index contributed by atoms with van der Waals surface area (Å²) in [7, 11) is 0. The maximum atomic E-state index is 13.4. The third-order valence-electron chi connectivity index (χ3n) is 17.0. The number of unbranched alkanes of at least 4 members (excludes halogenated alkanes) is 44. The number of allylic oxidation sites excluding steroid dienone is 5. The topological polar surface area (TPSA) is 175 Å². The second-order valence-corrected chi connectivity index (χ2v) is 25.0. The molecular formula is C72H135NO10. The maximum Gasteiger partial charge on any atom is 0.306 e. The zero-order valence-corrected chi connectivity index (χ0v) is 54.3. The number of hydrogen-bond acceptors (Lipinski definition) is 10. The fourth-order valence-corrected chi connectivity index (χ4v) is 11.4. The summed E-state index contributed by atoms with van der Waals surface area (Å²) < 4.78 is 17.7. The van der Waals surface area contributed by atoms with Crippen LogP contribution in [-0.2, 0) is 23.8 Å². The number of ether oxygens (including phenoxy) is 3. The molecule has 0 aromatic carbocycles. The molecule has 0 aromatic heterocycles. The summed E-state index contributed by atoms with van der Waals surface area (Å²) in [6.45, 7) is 5.82. The molecular weight excluding hydrogens is 1040 g/mol. The lowest BCUT2D eigenvalue weighted by Gasteiger charge is -2.41. The van der Waals surface area contributed by atoms with E-state index in [1.54, 1.807) is 6.08 Å². The molecule has 0 aromatic rings. The summed E-state index contributed by atoms with van der Waals surface area (Å²) in [5, 5.41) is 57.2. The predicted molar refractivity (Wildman–Crippen MR) is 347 cm³/mol. The number of esters is 1. The third kappa shape index (κ3) is 47.6. The van der Waals surface area contributed by atoms with Gasteiger partial charge in [0.25, 0.3) is 0 Å². The Morgan fingerprint density at radius 3 is 1.25 bits per heavy atom. The Bertz CT molecular complexity index is 1490. The molecule has 1 heterocycles. The number of aliphatic hydroxyl groups is 5. The van der Waals surface area contributed by atoms with Gasteiger partial charge in [-0.05, 0) is 57.8 Å². The highest BCUT2D eigenvalue weighted by atomic mass is 16.7. The van der Waals surface area contributed by atoms with Crippen LogP contribution in [0.25, 0.3) is 0 Å². The Morgan fingerprint density at radius 1 is 0.470 bits per heavy atom. The van der Waals surface area contributed by atoms with Crippen LogP contribution in [0.2, 0.25) is 0 Å². The molecule has 8 atom stereocenters. The van der Waals surface area contributed by atoms with Crippen molar-refractivity contribution < 1.29 is 49.3 Å². The number of carbonyl (C=O) groups excluding carboxylic acids is 2. The smallest absolute Gasteiger partial charge is 0.306 e. The Morgan fingerprint density at radius 2 is 0.831 bits per heavy atom. The van der Waals surface area contributed by atoms with Crippen LogP contribution in [0, 0.1) is 0 Å². The quantitative estimate of drug-likeness (QED) is 0.0195. The lowest BCUT2D eigenvalue weighted by Crippen LogP contribution is -2.61.